The van der Waals surface area contributed by atoms with Gasteiger partial charge >= 0.3 is 0 Å². The number of fused-ring (bicyclic) bond motifs is 1. The molecule has 0 bridgehead atoms. The maximum absolute atomic E-state index is 12.3. The molecule has 1 aromatic heterocycles. The second kappa shape index (κ2) is 5.25. The molecule has 1 heterocycles. The van der Waals surface area contributed by atoms with E-state index in [1.54, 1.807) is 11.3 Å². The lowest BCUT2D eigenvalue weighted by Gasteiger charge is -2.09. The maximum atomic E-state index is 12.3. The Balaban J connectivity index is 1.82. The van der Waals surface area contributed by atoms with Crippen LogP contribution in [0, 0.1) is 6.92 Å². The zero-order valence-electron chi connectivity index (χ0n) is 11.6. The van der Waals surface area contributed by atoms with E-state index >= 15 is 0 Å². The molecule has 5 heteroatoms. The quantitative estimate of drug-likeness (QED) is 0.911. The van der Waals surface area contributed by atoms with E-state index in [9.17, 15) is 4.79 Å². The molecule has 1 aliphatic rings. The van der Waals surface area contributed by atoms with Gasteiger partial charge in [-0.1, -0.05) is 6.07 Å². The monoisotopic (exact) mass is 287 g/mol. The molecule has 104 valence electrons. The lowest BCUT2D eigenvalue weighted by atomic mass is 10.1. The van der Waals surface area contributed by atoms with E-state index in [0.29, 0.717) is 10.7 Å². The minimum absolute atomic E-state index is 0.109. The van der Waals surface area contributed by atoms with E-state index in [-0.39, 0.29) is 5.91 Å². The van der Waals surface area contributed by atoms with Crippen LogP contribution in [0.3, 0.4) is 0 Å². The summed E-state index contributed by atoms with van der Waals surface area (Å²) < 4.78 is 0. The second-order valence-electron chi connectivity index (χ2n) is 5.00. The first-order chi connectivity index (χ1) is 9.67. The van der Waals surface area contributed by atoms with E-state index in [1.807, 2.05) is 32.2 Å². The molecule has 0 saturated heterocycles. The number of thiazole rings is 1. The lowest BCUT2D eigenvalue weighted by molar-refractivity contribution is 0.102. The van der Waals surface area contributed by atoms with Crippen LogP contribution in [0.5, 0.6) is 0 Å². The fourth-order valence-electron chi connectivity index (χ4n) is 2.47. The van der Waals surface area contributed by atoms with Crippen molar-refractivity contribution in [2.75, 3.05) is 17.7 Å². The molecule has 2 aromatic rings. The van der Waals surface area contributed by atoms with E-state index in [2.05, 4.69) is 15.6 Å². The van der Waals surface area contributed by atoms with E-state index in [1.165, 1.54) is 11.3 Å². The van der Waals surface area contributed by atoms with Gasteiger partial charge in [-0.25, -0.2) is 4.98 Å². The fourth-order valence-corrected chi connectivity index (χ4v) is 3.52. The average molecular weight is 287 g/mol. The van der Waals surface area contributed by atoms with Crippen LogP contribution >= 0.6 is 11.3 Å². The first kappa shape index (κ1) is 13.1. The third kappa shape index (κ3) is 2.41. The van der Waals surface area contributed by atoms with Crippen molar-refractivity contribution >= 4 is 28.1 Å². The van der Waals surface area contributed by atoms with Crippen molar-refractivity contribution in [2.45, 2.75) is 26.2 Å². The predicted molar refractivity (Wildman–Crippen MR) is 82.8 cm³/mol. The average Bonchev–Trinajstić information content (AvgIpc) is 2.99. The summed E-state index contributed by atoms with van der Waals surface area (Å²) in [6.07, 6.45) is 3.31. The summed E-state index contributed by atoms with van der Waals surface area (Å²) in [5.41, 5.74) is 3.77. The minimum Gasteiger partial charge on any atom is -0.387 e. The van der Waals surface area contributed by atoms with Crippen LogP contribution < -0.4 is 10.6 Å². The first-order valence-electron chi connectivity index (χ1n) is 6.75. The highest BCUT2D eigenvalue weighted by atomic mass is 32.1. The van der Waals surface area contributed by atoms with Crippen molar-refractivity contribution in [2.24, 2.45) is 0 Å². The van der Waals surface area contributed by atoms with Crippen molar-refractivity contribution in [3.63, 3.8) is 0 Å². The molecule has 3 rings (SSSR count). The van der Waals surface area contributed by atoms with Crippen LogP contribution in [0.15, 0.2) is 18.2 Å². The van der Waals surface area contributed by atoms with Gasteiger partial charge in [0.15, 0.2) is 5.13 Å². The molecular weight excluding hydrogens is 270 g/mol. The molecule has 1 aliphatic carbocycles. The van der Waals surface area contributed by atoms with E-state index in [4.69, 9.17) is 0 Å². The largest absolute Gasteiger partial charge is 0.387 e. The number of aryl methyl sites for hydroxylation is 3. The summed E-state index contributed by atoms with van der Waals surface area (Å²) in [6, 6.07) is 5.76. The smallest absolute Gasteiger partial charge is 0.259 e. The highest BCUT2D eigenvalue weighted by Gasteiger charge is 2.19. The van der Waals surface area contributed by atoms with Gasteiger partial charge in [0.05, 0.1) is 11.3 Å². The number of hydrogen-bond acceptors (Lipinski definition) is 4. The maximum Gasteiger partial charge on any atom is 0.259 e. The molecule has 1 amide bonds. The third-order valence-electron chi connectivity index (χ3n) is 3.51. The van der Waals surface area contributed by atoms with Crippen LogP contribution in [0.1, 0.15) is 32.9 Å². The van der Waals surface area contributed by atoms with Crippen LogP contribution in [0.4, 0.5) is 10.8 Å². The zero-order valence-corrected chi connectivity index (χ0v) is 12.4. The standard InChI is InChI=1S/C15H17N3OS/c1-9-6-7-10(12(8-9)16-2)14(19)18-15-17-11-4-3-5-13(11)20-15/h6-8,16H,3-5H2,1-2H3,(H,17,18,19). The normalized spacial score (nSPS) is 13.1. The minimum atomic E-state index is -0.109. The number of nitrogens with one attached hydrogen (secondary N) is 2. The highest BCUT2D eigenvalue weighted by Crippen LogP contribution is 2.31. The van der Waals surface area contributed by atoms with Gasteiger partial charge in [0.1, 0.15) is 0 Å². The summed E-state index contributed by atoms with van der Waals surface area (Å²) in [6.45, 7) is 2.01. The van der Waals surface area contributed by atoms with Crippen molar-refractivity contribution in [1.82, 2.24) is 4.98 Å². The molecule has 0 atom stereocenters. The lowest BCUT2D eigenvalue weighted by Crippen LogP contribution is -2.14. The van der Waals surface area contributed by atoms with Gasteiger partial charge in [-0.3, -0.25) is 10.1 Å². The molecule has 0 aliphatic heterocycles. The Morgan fingerprint density at radius 2 is 2.20 bits per heavy atom. The van der Waals surface area contributed by atoms with Gasteiger partial charge in [0.2, 0.25) is 0 Å². The zero-order chi connectivity index (χ0) is 14.1. The SMILES string of the molecule is CNc1cc(C)ccc1C(=O)Nc1nc2c(s1)CCC2. The molecule has 1 aromatic carbocycles. The molecular formula is C15H17N3OS. The summed E-state index contributed by atoms with van der Waals surface area (Å²) in [4.78, 5) is 18.2. The number of benzene rings is 1. The van der Waals surface area contributed by atoms with Gasteiger partial charge < -0.3 is 5.32 Å². The number of aromatic nitrogens is 1. The molecule has 2 N–H and O–H groups in total. The number of nitrogens with zero attached hydrogens (tertiary/aromatic N) is 1. The number of carbonyl (C=O) groups is 1. The summed E-state index contributed by atoms with van der Waals surface area (Å²) in [5.74, 6) is -0.109. The Hall–Kier alpha value is -1.88. The second-order valence-corrected chi connectivity index (χ2v) is 6.08. The highest BCUT2D eigenvalue weighted by molar-refractivity contribution is 7.16. The third-order valence-corrected chi connectivity index (χ3v) is 4.58. The van der Waals surface area contributed by atoms with E-state index < -0.39 is 0 Å². The number of amides is 1. The van der Waals surface area contributed by atoms with Gasteiger partial charge in [-0.15, -0.1) is 11.3 Å². The summed E-state index contributed by atoms with van der Waals surface area (Å²) in [7, 11) is 1.82. The summed E-state index contributed by atoms with van der Waals surface area (Å²) in [5, 5.41) is 6.68. The van der Waals surface area contributed by atoms with Crippen LogP contribution in [0.25, 0.3) is 0 Å². The molecule has 0 radical (unpaired) electrons. The van der Waals surface area contributed by atoms with Gasteiger partial charge in [-0.2, -0.15) is 0 Å². The Bertz CT molecular complexity index is 642. The number of hydrogen-bond donors (Lipinski definition) is 2. The summed E-state index contributed by atoms with van der Waals surface area (Å²) >= 11 is 1.60. The van der Waals surface area contributed by atoms with Crippen molar-refractivity contribution in [3.05, 3.63) is 39.9 Å². The fraction of sp³-hybridized carbons (Fsp3) is 0.333. The molecule has 20 heavy (non-hydrogen) atoms. The molecule has 0 fully saturated rings. The molecule has 0 spiro atoms. The molecule has 0 unspecified atom stereocenters. The Kier molecular flexibility index (Phi) is 3.44. The number of anilines is 2. The number of rotatable bonds is 3. The van der Waals surface area contributed by atoms with Crippen LogP contribution in [-0.2, 0) is 12.8 Å². The molecule has 0 saturated carbocycles. The first-order valence-corrected chi connectivity index (χ1v) is 7.57. The van der Waals surface area contributed by atoms with Crippen molar-refractivity contribution in [3.8, 4) is 0 Å². The van der Waals surface area contributed by atoms with Gasteiger partial charge in [0, 0.05) is 17.6 Å². The van der Waals surface area contributed by atoms with Gasteiger partial charge in [0.25, 0.3) is 5.91 Å². The Morgan fingerprint density at radius 1 is 1.35 bits per heavy atom. The predicted octanol–water partition coefficient (Wildman–Crippen LogP) is 3.23. The van der Waals surface area contributed by atoms with Gasteiger partial charge in [-0.05, 0) is 43.9 Å². The topological polar surface area (TPSA) is 54.0 Å². The Labute approximate surface area is 122 Å². The Morgan fingerprint density at radius 3 is 2.95 bits per heavy atom. The number of carbonyl (C=O) groups excluding carboxylic acids is 1. The molecule has 4 nitrogen and oxygen atoms in total. The van der Waals surface area contributed by atoms with Crippen LogP contribution in [0.2, 0.25) is 0 Å². The van der Waals surface area contributed by atoms with E-state index in [0.717, 1.165) is 29.8 Å². The van der Waals surface area contributed by atoms with Crippen molar-refractivity contribution in [1.29, 1.82) is 0 Å². The van der Waals surface area contributed by atoms with Crippen molar-refractivity contribution < 1.29 is 4.79 Å². The van der Waals surface area contributed by atoms with Crippen LogP contribution in [-0.4, -0.2) is 17.9 Å².